The van der Waals surface area contributed by atoms with Crippen molar-refractivity contribution in [3.05, 3.63) is 47.7 Å². The van der Waals surface area contributed by atoms with Crippen LogP contribution in [-0.4, -0.2) is 41.0 Å². The van der Waals surface area contributed by atoms with Crippen LogP contribution in [0.5, 0.6) is 0 Å². The number of nitrogens with one attached hydrogen (secondary N) is 2. The van der Waals surface area contributed by atoms with E-state index >= 15 is 0 Å². The molecule has 1 aromatic heterocycles. The van der Waals surface area contributed by atoms with E-state index in [-0.39, 0.29) is 0 Å². The van der Waals surface area contributed by atoms with E-state index < -0.39 is 0 Å². The molecule has 5 heteroatoms. The summed E-state index contributed by atoms with van der Waals surface area (Å²) >= 11 is 0. The Hall–Kier alpha value is -2.40. The number of benzene rings is 1. The van der Waals surface area contributed by atoms with Crippen molar-refractivity contribution < 1.29 is 0 Å². The smallest absolute Gasteiger partial charge is 0.229 e. The summed E-state index contributed by atoms with van der Waals surface area (Å²) in [5.41, 5.74) is 3.26. The highest BCUT2D eigenvalue weighted by atomic mass is 15.2. The number of rotatable bonds is 5. The molecule has 1 heterocycles. The Bertz CT molecular complexity index is 776. The Balaban J connectivity index is 1.51. The van der Waals surface area contributed by atoms with Gasteiger partial charge in [0.2, 0.25) is 5.95 Å². The summed E-state index contributed by atoms with van der Waals surface area (Å²) in [6, 6.07) is 11.3. The molecule has 2 aliphatic rings. The van der Waals surface area contributed by atoms with Crippen molar-refractivity contribution in [2.75, 3.05) is 24.7 Å². The van der Waals surface area contributed by atoms with E-state index in [0.717, 1.165) is 29.2 Å². The zero-order valence-corrected chi connectivity index (χ0v) is 15.6. The molecule has 0 unspecified atom stereocenters. The number of hydrogen-bond donors (Lipinski definition) is 2. The summed E-state index contributed by atoms with van der Waals surface area (Å²) in [4.78, 5) is 11.8. The number of nitrogens with zero attached hydrogens (tertiary/aromatic N) is 3. The van der Waals surface area contributed by atoms with Gasteiger partial charge in [0.15, 0.2) is 0 Å². The van der Waals surface area contributed by atoms with Crippen LogP contribution in [0.3, 0.4) is 0 Å². The second-order valence-electron chi connectivity index (χ2n) is 7.47. The highest BCUT2D eigenvalue weighted by Gasteiger charge is 2.24. The highest BCUT2D eigenvalue weighted by Crippen LogP contribution is 2.30. The molecular formula is C21H27N5. The predicted molar refractivity (Wildman–Crippen MR) is 108 cm³/mol. The number of para-hydroxylation sites is 1. The van der Waals surface area contributed by atoms with E-state index in [4.69, 9.17) is 9.97 Å². The van der Waals surface area contributed by atoms with Gasteiger partial charge in [0.25, 0.3) is 0 Å². The third-order valence-electron chi connectivity index (χ3n) is 5.42. The molecule has 1 fully saturated rings. The van der Waals surface area contributed by atoms with Crippen LogP contribution >= 0.6 is 0 Å². The lowest BCUT2D eigenvalue weighted by Crippen LogP contribution is -2.36. The van der Waals surface area contributed by atoms with Gasteiger partial charge in [-0.05, 0) is 51.9 Å². The molecule has 0 spiro atoms. The van der Waals surface area contributed by atoms with Gasteiger partial charge in [0.05, 0.1) is 5.69 Å². The first-order valence-electron chi connectivity index (χ1n) is 9.51. The Labute approximate surface area is 155 Å². The summed E-state index contributed by atoms with van der Waals surface area (Å²) in [6.07, 6.45) is 10.0. The van der Waals surface area contributed by atoms with Crippen LogP contribution in [0, 0.1) is 0 Å². The van der Waals surface area contributed by atoms with Crippen molar-refractivity contribution in [3.8, 4) is 0 Å². The van der Waals surface area contributed by atoms with E-state index in [1.165, 1.54) is 25.7 Å². The van der Waals surface area contributed by atoms with Crippen LogP contribution in [0.2, 0.25) is 0 Å². The zero-order valence-electron chi connectivity index (χ0n) is 15.6. The van der Waals surface area contributed by atoms with Crippen LogP contribution < -0.4 is 10.6 Å². The molecule has 2 N–H and O–H groups in total. The minimum Gasteiger partial charge on any atom is -0.367 e. The van der Waals surface area contributed by atoms with Gasteiger partial charge in [-0.15, -0.1) is 0 Å². The van der Waals surface area contributed by atoms with Crippen molar-refractivity contribution in [1.29, 1.82) is 0 Å². The van der Waals surface area contributed by atoms with Gasteiger partial charge in [-0.1, -0.05) is 30.4 Å². The fraction of sp³-hybridized carbons (Fsp3) is 0.429. The van der Waals surface area contributed by atoms with E-state index in [1.54, 1.807) is 0 Å². The number of allylic oxidation sites excluding steroid dienone is 1. The van der Waals surface area contributed by atoms with Gasteiger partial charge >= 0.3 is 0 Å². The fourth-order valence-electron chi connectivity index (χ4n) is 3.88. The van der Waals surface area contributed by atoms with Gasteiger partial charge in [-0.2, -0.15) is 4.98 Å². The quantitative estimate of drug-likeness (QED) is 0.852. The molecule has 0 radical (unpaired) electrons. The lowest BCUT2D eigenvalue weighted by Gasteiger charge is -2.33. The standard InChI is InChI=1S/C21H27N5/c1-26(2)17-13-11-16(12-14-17)22-20-18-9-6-10-19(18)24-21(25-20)23-15-7-4-3-5-8-15/h3-9,16-17H,10-14H2,1-2H3,(H2,22,23,24,25). The van der Waals surface area contributed by atoms with Gasteiger partial charge in [-0.3, -0.25) is 0 Å². The van der Waals surface area contributed by atoms with Crippen LogP contribution in [0.4, 0.5) is 17.5 Å². The number of anilines is 3. The average molecular weight is 349 g/mol. The third-order valence-corrected chi connectivity index (χ3v) is 5.42. The van der Waals surface area contributed by atoms with E-state index in [9.17, 15) is 0 Å². The van der Waals surface area contributed by atoms with Crippen molar-refractivity contribution in [3.63, 3.8) is 0 Å². The Kier molecular flexibility index (Phi) is 4.89. The molecule has 1 aromatic carbocycles. The summed E-state index contributed by atoms with van der Waals surface area (Å²) in [7, 11) is 4.37. The normalized spacial score (nSPS) is 21.7. The van der Waals surface area contributed by atoms with Crippen molar-refractivity contribution in [2.45, 2.75) is 44.2 Å². The first kappa shape index (κ1) is 17.0. The molecule has 2 aliphatic carbocycles. The Morgan fingerprint density at radius 1 is 1.00 bits per heavy atom. The molecule has 0 saturated heterocycles. The second kappa shape index (κ2) is 7.46. The molecule has 2 aromatic rings. The van der Waals surface area contributed by atoms with Crippen LogP contribution in [0.15, 0.2) is 36.4 Å². The fourth-order valence-corrected chi connectivity index (χ4v) is 3.88. The van der Waals surface area contributed by atoms with Crippen molar-refractivity contribution in [2.24, 2.45) is 0 Å². The largest absolute Gasteiger partial charge is 0.367 e. The highest BCUT2D eigenvalue weighted by molar-refractivity contribution is 5.71. The number of aromatic nitrogens is 2. The third kappa shape index (κ3) is 3.73. The zero-order chi connectivity index (χ0) is 17.9. The van der Waals surface area contributed by atoms with E-state index in [0.29, 0.717) is 18.0 Å². The maximum atomic E-state index is 4.79. The Morgan fingerprint density at radius 2 is 1.77 bits per heavy atom. The molecule has 0 amide bonds. The van der Waals surface area contributed by atoms with Gasteiger partial charge in [-0.25, -0.2) is 4.98 Å². The topological polar surface area (TPSA) is 53.1 Å². The first-order valence-corrected chi connectivity index (χ1v) is 9.51. The molecule has 0 atom stereocenters. The van der Waals surface area contributed by atoms with E-state index in [2.05, 4.69) is 41.8 Å². The number of fused-ring (bicyclic) bond motifs is 1. The number of hydrogen-bond acceptors (Lipinski definition) is 5. The van der Waals surface area contributed by atoms with Crippen LogP contribution in [0.1, 0.15) is 36.9 Å². The average Bonchev–Trinajstić information content (AvgIpc) is 3.12. The molecule has 136 valence electrons. The van der Waals surface area contributed by atoms with Crippen molar-refractivity contribution in [1.82, 2.24) is 14.9 Å². The maximum absolute atomic E-state index is 4.79. The lowest BCUT2D eigenvalue weighted by molar-refractivity contribution is 0.221. The van der Waals surface area contributed by atoms with Crippen LogP contribution in [0.25, 0.3) is 6.08 Å². The molecule has 26 heavy (non-hydrogen) atoms. The van der Waals surface area contributed by atoms with E-state index in [1.807, 2.05) is 30.3 Å². The maximum Gasteiger partial charge on any atom is 0.229 e. The predicted octanol–water partition coefficient (Wildman–Crippen LogP) is 4.07. The second-order valence-corrected chi connectivity index (χ2v) is 7.47. The monoisotopic (exact) mass is 349 g/mol. The minimum absolute atomic E-state index is 0.490. The summed E-state index contributed by atoms with van der Waals surface area (Å²) < 4.78 is 0. The summed E-state index contributed by atoms with van der Waals surface area (Å²) in [5.74, 6) is 1.64. The lowest BCUT2D eigenvalue weighted by atomic mass is 9.90. The SMILES string of the molecule is CN(C)C1CCC(Nc2nc(Nc3ccccc3)nc3c2C=CC3)CC1. The first-order chi connectivity index (χ1) is 12.7. The molecule has 0 aliphatic heterocycles. The van der Waals surface area contributed by atoms with Crippen LogP contribution in [-0.2, 0) is 6.42 Å². The molecule has 0 bridgehead atoms. The summed E-state index contributed by atoms with van der Waals surface area (Å²) in [5, 5.41) is 7.04. The Morgan fingerprint density at radius 3 is 2.50 bits per heavy atom. The van der Waals surface area contributed by atoms with Gasteiger partial charge in [0.1, 0.15) is 5.82 Å². The molecule has 4 rings (SSSR count). The molecular weight excluding hydrogens is 322 g/mol. The van der Waals surface area contributed by atoms with Crippen molar-refractivity contribution >= 4 is 23.5 Å². The van der Waals surface area contributed by atoms with Gasteiger partial charge < -0.3 is 15.5 Å². The summed E-state index contributed by atoms with van der Waals surface area (Å²) in [6.45, 7) is 0. The molecule has 1 saturated carbocycles. The molecule has 5 nitrogen and oxygen atoms in total. The van der Waals surface area contributed by atoms with Gasteiger partial charge in [0, 0.05) is 29.8 Å². The minimum atomic E-state index is 0.490.